The number of methoxy groups -OCH3 is 2. The summed E-state index contributed by atoms with van der Waals surface area (Å²) in [4.78, 5) is 34.9. The van der Waals surface area contributed by atoms with E-state index in [4.69, 9.17) is 5.73 Å². The van der Waals surface area contributed by atoms with Crippen molar-refractivity contribution in [1.82, 2.24) is 5.32 Å². The maximum atomic E-state index is 12.0. The van der Waals surface area contributed by atoms with Crippen LogP contribution in [0.1, 0.15) is 12.0 Å². The molecule has 1 aromatic carbocycles. The monoisotopic (exact) mass is 343 g/mol. The van der Waals surface area contributed by atoms with Crippen molar-refractivity contribution in [2.45, 2.75) is 24.9 Å². The summed E-state index contributed by atoms with van der Waals surface area (Å²) >= 11 is 0. The Bertz CT molecular complexity index is 524. The van der Waals surface area contributed by atoms with Gasteiger partial charge in [0, 0.05) is 6.42 Å². The molecule has 1 aromatic rings. The van der Waals surface area contributed by atoms with Gasteiger partial charge in [-0.15, -0.1) is 0 Å². The van der Waals surface area contributed by atoms with E-state index in [-0.39, 0.29) is 25.2 Å². The van der Waals surface area contributed by atoms with Gasteiger partial charge in [-0.05, 0) is 5.56 Å². The normalized spacial score (nSPS) is 12.3. The summed E-state index contributed by atoms with van der Waals surface area (Å²) in [5.41, 5.74) is 6.47. The fourth-order valence-electron chi connectivity index (χ4n) is 1.82. The minimum absolute atomic E-state index is 0. The lowest BCUT2D eigenvalue weighted by atomic mass is 10.1. The molecular formula is C15H20ClN2O5-. The third-order valence-electron chi connectivity index (χ3n) is 3.04. The van der Waals surface area contributed by atoms with Crippen LogP contribution < -0.4 is 23.5 Å². The lowest BCUT2D eigenvalue weighted by Gasteiger charge is -2.19. The molecule has 1 rings (SSSR count). The van der Waals surface area contributed by atoms with Crippen LogP contribution in [0.4, 0.5) is 0 Å². The Labute approximate surface area is 140 Å². The molecule has 1 amide bonds. The Balaban J connectivity index is 0.00000484. The number of amides is 1. The largest absolute Gasteiger partial charge is 1.00 e. The van der Waals surface area contributed by atoms with Gasteiger partial charge < -0.3 is 32.9 Å². The van der Waals surface area contributed by atoms with Crippen molar-refractivity contribution in [3.8, 4) is 0 Å². The molecule has 7 nitrogen and oxygen atoms in total. The molecule has 0 radical (unpaired) electrons. The molecule has 0 saturated carbocycles. The summed E-state index contributed by atoms with van der Waals surface area (Å²) in [6.45, 7) is 0. The predicted molar refractivity (Wildman–Crippen MR) is 78.7 cm³/mol. The number of nitrogens with two attached hydrogens (primary N) is 1. The first-order chi connectivity index (χ1) is 10.5. The maximum Gasteiger partial charge on any atom is 0.328 e. The second-order valence-electron chi connectivity index (χ2n) is 4.66. The van der Waals surface area contributed by atoms with E-state index in [1.165, 1.54) is 14.2 Å². The van der Waals surface area contributed by atoms with Crippen LogP contribution in [0.5, 0.6) is 0 Å². The first-order valence-corrected chi connectivity index (χ1v) is 6.72. The molecule has 0 bridgehead atoms. The second-order valence-corrected chi connectivity index (χ2v) is 4.66. The molecule has 2 atom stereocenters. The van der Waals surface area contributed by atoms with Gasteiger partial charge in [-0.1, -0.05) is 30.3 Å². The Morgan fingerprint density at radius 3 is 2.26 bits per heavy atom. The second kappa shape index (κ2) is 10.6. The number of hydrogen-bond acceptors (Lipinski definition) is 6. The van der Waals surface area contributed by atoms with Crippen molar-refractivity contribution in [2.24, 2.45) is 5.73 Å². The van der Waals surface area contributed by atoms with E-state index >= 15 is 0 Å². The van der Waals surface area contributed by atoms with Gasteiger partial charge in [-0.2, -0.15) is 0 Å². The molecule has 0 heterocycles. The van der Waals surface area contributed by atoms with Crippen molar-refractivity contribution in [2.75, 3.05) is 14.2 Å². The Morgan fingerprint density at radius 1 is 1.13 bits per heavy atom. The van der Waals surface area contributed by atoms with Crippen molar-refractivity contribution < 1.29 is 36.3 Å². The first kappa shape index (κ1) is 20.9. The molecule has 8 heteroatoms. The van der Waals surface area contributed by atoms with E-state index in [2.05, 4.69) is 14.8 Å². The summed E-state index contributed by atoms with van der Waals surface area (Å²) in [5.74, 6) is -1.79. The van der Waals surface area contributed by atoms with Crippen molar-refractivity contribution in [3.63, 3.8) is 0 Å². The molecule has 0 aromatic heterocycles. The number of carbonyl (C=O) groups excluding carboxylic acids is 3. The summed E-state index contributed by atoms with van der Waals surface area (Å²) in [7, 11) is 2.44. The van der Waals surface area contributed by atoms with Gasteiger partial charge >= 0.3 is 11.9 Å². The fourth-order valence-corrected chi connectivity index (χ4v) is 1.82. The van der Waals surface area contributed by atoms with E-state index in [1.807, 2.05) is 30.3 Å². The molecule has 0 spiro atoms. The van der Waals surface area contributed by atoms with Gasteiger partial charge in [0.15, 0.2) is 0 Å². The molecule has 23 heavy (non-hydrogen) atoms. The molecule has 0 aliphatic heterocycles. The van der Waals surface area contributed by atoms with Crippen LogP contribution in [0.3, 0.4) is 0 Å². The summed E-state index contributed by atoms with van der Waals surface area (Å²) in [6.07, 6.45) is 0.00571. The average Bonchev–Trinajstić information content (AvgIpc) is 2.54. The predicted octanol–water partition coefficient (Wildman–Crippen LogP) is -3.22. The van der Waals surface area contributed by atoms with Gasteiger partial charge in [0.1, 0.15) is 6.04 Å². The van der Waals surface area contributed by atoms with Crippen LogP contribution in [0.2, 0.25) is 0 Å². The third-order valence-corrected chi connectivity index (χ3v) is 3.04. The highest BCUT2D eigenvalue weighted by Crippen LogP contribution is 2.05. The van der Waals surface area contributed by atoms with Gasteiger partial charge in [0.25, 0.3) is 0 Å². The molecule has 0 fully saturated rings. The van der Waals surface area contributed by atoms with E-state index in [0.717, 1.165) is 5.56 Å². The number of benzene rings is 1. The van der Waals surface area contributed by atoms with Crippen LogP contribution in [-0.4, -0.2) is 44.1 Å². The standard InChI is InChI=1S/C15H20N2O5.ClH/c1-21-13(18)9-11(16)14(19)17-12(15(20)22-2)8-10-6-4-3-5-7-10;/h3-7,11-12H,8-9,16H2,1-2H3,(H,17,19);1H/p-1/t11-,12+;/m0./s1. The lowest BCUT2D eigenvalue weighted by molar-refractivity contribution is -0.145. The molecule has 0 aliphatic rings. The number of esters is 2. The third kappa shape index (κ3) is 7.12. The molecular weight excluding hydrogens is 324 g/mol. The van der Waals surface area contributed by atoms with E-state index < -0.39 is 29.9 Å². The topological polar surface area (TPSA) is 108 Å². The van der Waals surface area contributed by atoms with Gasteiger partial charge in [-0.25, -0.2) is 4.79 Å². The number of carbonyl (C=O) groups is 3. The molecule has 0 aliphatic carbocycles. The van der Waals surface area contributed by atoms with Crippen LogP contribution in [-0.2, 0) is 30.3 Å². The van der Waals surface area contributed by atoms with Gasteiger partial charge in [0.05, 0.1) is 26.7 Å². The van der Waals surface area contributed by atoms with Crippen molar-refractivity contribution in [3.05, 3.63) is 35.9 Å². The highest BCUT2D eigenvalue weighted by molar-refractivity contribution is 5.90. The van der Waals surface area contributed by atoms with Crippen LogP contribution in [0.15, 0.2) is 30.3 Å². The zero-order valence-corrected chi connectivity index (χ0v) is 13.7. The SMILES string of the molecule is COC(=O)C[C@H](N)C(=O)N[C@H](Cc1ccccc1)C(=O)OC.[Cl-]. The van der Waals surface area contributed by atoms with Crippen molar-refractivity contribution >= 4 is 17.8 Å². The number of nitrogens with one attached hydrogen (secondary N) is 1. The zero-order chi connectivity index (χ0) is 16.5. The van der Waals surface area contributed by atoms with Crippen molar-refractivity contribution in [1.29, 1.82) is 0 Å². The highest BCUT2D eigenvalue weighted by Gasteiger charge is 2.26. The Hall–Kier alpha value is -2.12. The zero-order valence-electron chi connectivity index (χ0n) is 13.0. The quantitative estimate of drug-likeness (QED) is 0.504. The highest BCUT2D eigenvalue weighted by atomic mass is 35.5. The van der Waals surface area contributed by atoms with Gasteiger partial charge in [0.2, 0.25) is 5.91 Å². The van der Waals surface area contributed by atoms with E-state index in [9.17, 15) is 14.4 Å². The number of hydrogen-bond donors (Lipinski definition) is 2. The average molecular weight is 344 g/mol. The summed E-state index contributed by atoms with van der Waals surface area (Å²) < 4.78 is 9.13. The number of ether oxygens (including phenoxy) is 2. The van der Waals surface area contributed by atoms with Gasteiger partial charge in [-0.3, -0.25) is 9.59 Å². The van der Waals surface area contributed by atoms with Crippen LogP contribution in [0, 0.1) is 0 Å². The maximum absolute atomic E-state index is 12.0. The molecule has 3 N–H and O–H groups in total. The Morgan fingerprint density at radius 2 is 1.74 bits per heavy atom. The summed E-state index contributed by atoms with van der Waals surface area (Å²) in [5, 5.41) is 2.50. The smallest absolute Gasteiger partial charge is 0.328 e. The molecule has 0 unspecified atom stereocenters. The lowest BCUT2D eigenvalue weighted by Crippen LogP contribution is -3.00. The summed E-state index contributed by atoms with van der Waals surface area (Å²) in [6, 6.07) is 7.20. The minimum Gasteiger partial charge on any atom is -1.00 e. The molecule has 128 valence electrons. The minimum atomic E-state index is -1.09. The Kier molecular flexibility index (Phi) is 9.60. The molecule has 0 saturated heterocycles. The number of rotatable bonds is 7. The van der Waals surface area contributed by atoms with E-state index in [1.54, 1.807) is 0 Å². The fraction of sp³-hybridized carbons (Fsp3) is 0.400. The van der Waals surface area contributed by atoms with Crippen LogP contribution in [0.25, 0.3) is 0 Å². The number of halogens is 1. The van der Waals surface area contributed by atoms with Crippen LogP contribution >= 0.6 is 0 Å². The van der Waals surface area contributed by atoms with E-state index in [0.29, 0.717) is 0 Å². The first-order valence-electron chi connectivity index (χ1n) is 6.72.